The predicted octanol–water partition coefficient (Wildman–Crippen LogP) is 1.98. The number of hydrogen-bond donors (Lipinski definition) is 2. The third-order valence-electron chi connectivity index (χ3n) is 3.38. The van der Waals surface area contributed by atoms with Crippen LogP contribution in [0.25, 0.3) is 0 Å². The van der Waals surface area contributed by atoms with Crippen molar-refractivity contribution < 1.29 is 14.6 Å². The van der Waals surface area contributed by atoms with Crippen molar-refractivity contribution in [2.24, 2.45) is 5.92 Å². The molecule has 0 bridgehead atoms. The maximum absolute atomic E-state index is 12.8. The van der Waals surface area contributed by atoms with Crippen LogP contribution in [-0.2, 0) is 0 Å². The number of pyridine rings is 1. The molecule has 0 aromatic carbocycles. The van der Waals surface area contributed by atoms with Crippen LogP contribution in [0.5, 0.6) is 0 Å². The summed E-state index contributed by atoms with van der Waals surface area (Å²) in [5.74, 6) is -0.435. The van der Waals surface area contributed by atoms with Crippen molar-refractivity contribution in [2.45, 2.75) is 32.8 Å². The van der Waals surface area contributed by atoms with Crippen molar-refractivity contribution >= 4 is 0 Å². The van der Waals surface area contributed by atoms with Crippen LogP contribution in [0, 0.1) is 11.7 Å². The topological polar surface area (TPSA) is 56.6 Å². The van der Waals surface area contributed by atoms with E-state index in [9.17, 15) is 9.50 Å². The highest BCUT2D eigenvalue weighted by Crippen LogP contribution is 2.21. The van der Waals surface area contributed by atoms with Crippen LogP contribution in [0.3, 0.4) is 0 Å². The molecular formula is C15H25FN2O2. The molecule has 20 heavy (non-hydrogen) atoms. The third-order valence-corrected chi connectivity index (χ3v) is 3.38. The number of nitrogens with zero attached hydrogens (tertiary/aromatic N) is 2. The number of aliphatic hydroxyl groups excluding tert-OH is 2. The van der Waals surface area contributed by atoms with Gasteiger partial charge in [-0.05, 0) is 25.1 Å². The van der Waals surface area contributed by atoms with Gasteiger partial charge in [-0.15, -0.1) is 0 Å². The molecule has 114 valence electrons. The van der Waals surface area contributed by atoms with Crippen LogP contribution in [-0.4, -0.2) is 46.3 Å². The normalized spacial score (nSPS) is 14.5. The lowest BCUT2D eigenvalue weighted by Gasteiger charge is -2.27. The highest BCUT2D eigenvalue weighted by molar-refractivity contribution is 5.08. The highest BCUT2D eigenvalue weighted by Gasteiger charge is 2.20. The van der Waals surface area contributed by atoms with E-state index in [0.29, 0.717) is 18.8 Å². The van der Waals surface area contributed by atoms with Gasteiger partial charge in [0.25, 0.3) is 0 Å². The Kier molecular flexibility index (Phi) is 7.65. The maximum atomic E-state index is 12.8. The first-order chi connectivity index (χ1) is 9.58. The minimum absolute atomic E-state index is 0.0311. The zero-order valence-corrected chi connectivity index (χ0v) is 12.3. The third kappa shape index (κ3) is 5.53. The lowest BCUT2D eigenvalue weighted by molar-refractivity contribution is 0.0779. The van der Waals surface area contributed by atoms with Gasteiger partial charge >= 0.3 is 0 Å². The average Bonchev–Trinajstić information content (AvgIpc) is 2.45. The highest BCUT2D eigenvalue weighted by atomic mass is 19.1. The summed E-state index contributed by atoms with van der Waals surface area (Å²) in [6.07, 6.45) is 2.56. The molecule has 5 heteroatoms. The molecule has 0 aliphatic heterocycles. The van der Waals surface area contributed by atoms with Gasteiger partial charge in [0.1, 0.15) is 5.82 Å². The molecule has 4 nitrogen and oxygen atoms in total. The number of halogens is 1. The van der Waals surface area contributed by atoms with Crippen molar-refractivity contribution in [1.82, 2.24) is 9.88 Å². The summed E-state index contributed by atoms with van der Waals surface area (Å²) in [5, 5.41) is 19.3. The SMILES string of the molecule is CCCCN(CCO)CC(C)C(O)c1ccc(F)cn1. The van der Waals surface area contributed by atoms with Gasteiger partial charge in [0, 0.05) is 19.0 Å². The molecule has 1 aromatic rings. The van der Waals surface area contributed by atoms with Crippen molar-refractivity contribution in [2.75, 3.05) is 26.2 Å². The summed E-state index contributed by atoms with van der Waals surface area (Å²) >= 11 is 0. The lowest BCUT2D eigenvalue weighted by atomic mass is 10.0. The van der Waals surface area contributed by atoms with E-state index in [4.69, 9.17) is 5.11 Å². The van der Waals surface area contributed by atoms with Gasteiger partial charge in [-0.3, -0.25) is 4.98 Å². The summed E-state index contributed by atoms with van der Waals surface area (Å²) in [6.45, 7) is 6.37. The Morgan fingerprint density at radius 3 is 2.65 bits per heavy atom. The van der Waals surface area contributed by atoms with Gasteiger partial charge in [0.15, 0.2) is 0 Å². The predicted molar refractivity (Wildman–Crippen MR) is 76.8 cm³/mol. The van der Waals surface area contributed by atoms with Crippen LogP contribution >= 0.6 is 0 Å². The minimum atomic E-state index is -0.724. The van der Waals surface area contributed by atoms with Crippen molar-refractivity contribution in [3.05, 3.63) is 29.8 Å². The second-order valence-corrected chi connectivity index (χ2v) is 5.20. The van der Waals surface area contributed by atoms with Crippen LogP contribution < -0.4 is 0 Å². The fraction of sp³-hybridized carbons (Fsp3) is 0.667. The molecule has 0 saturated carbocycles. The van der Waals surface area contributed by atoms with E-state index < -0.39 is 11.9 Å². The number of rotatable bonds is 9. The second-order valence-electron chi connectivity index (χ2n) is 5.20. The molecule has 0 fully saturated rings. The van der Waals surface area contributed by atoms with Crippen molar-refractivity contribution in [3.63, 3.8) is 0 Å². The first-order valence-electron chi connectivity index (χ1n) is 7.21. The fourth-order valence-corrected chi connectivity index (χ4v) is 2.18. The Hall–Kier alpha value is -1.04. The summed E-state index contributed by atoms with van der Waals surface area (Å²) in [7, 11) is 0. The van der Waals surface area contributed by atoms with Gasteiger partial charge in [0.05, 0.1) is 24.6 Å². The van der Waals surface area contributed by atoms with Gasteiger partial charge in [-0.2, -0.15) is 0 Å². The van der Waals surface area contributed by atoms with Crippen LogP contribution in [0.4, 0.5) is 4.39 Å². The minimum Gasteiger partial charge on any atom is -0.395 e. The standard InChI is InChI=1S/C15H25FN2O2/c1-3-4-7-18(8-9-19)11-12(2)15(20)14-6-5-13(16)10-17-14/h5-6,10,12,15,19-20H,3-4,7-9,11H2,1-2H3. The van der Waals surface area contributed by atoms with E-state index in [1.54, 1.807) is 0 Å². The van der Waals surface area contributed by atoms with E-state index in [-0.39, 0.29) is 12.5 Å². The van der Waals surface area contributed by atoms with Crippen LogP contribution in [0.15, 0.2) is 18.3 Å². The smallest absolute Gasteiger partial charge is 0.141 e. The summed E-state index contributed by atoms with van der Waals surface area (Å²) in [6, 6.07) is 2.82. The molecular weight excluding hydrogens is 259 g/mol. The number of hydrogen-bond acceptors (Lipinski definition) is 4. The zero-order chi connectivity index (χ0) is 15.0. The van der Waals surface area contributed by atoms with E-state index in [1.165, 1.54) is 12.1 Å². The quantitative estimate of drug-likeness (QED) is 0.728. The number of unbranched alkanes of at least 4 members (excludes halogenated alkanes) is 1. The summed E-state index contributed by atoms with van der Waals surface area (Å²) < 4.78 is 12.8. The Morgan fingerprint density at radius 2 is 2.10 bits per heavy atom. The van der Waals surface area contributed by atoms with E-state index in [2.05, 4.69) is 16.8 Å². The van der Waals surface area contributed by atoms with Crippen LogP contribution in [0.2, 0.25) is 0 Å². The Balaban J connectivity index is 2.57. The molecule has 0 aliphatic carbocycles. The molecule has 1 aromatic heterocycles. The first kappa shape index (κ1) is 17.0. The molecule has 1 heterocycles. The van der Waals surface area contributed by atoms with E-state index in [1.807, 2.05) is 6.92 Å². The van der Waals surface area contributed by atoms with E-state index >= 15 is 0 Å². The first-order valence-corrected chi connectivity index (χ1v) is 7.21. The average molecular weight is 284 g/mol. The van der Waals surface area contributed by atoms with Crippen molar-refractivity contribution in [3.8, 4) is 0 Å². The van der Waals surface area contributed by atoms with Gasteiger partial charge in [-0.25, -0.2) is 4.39 Å². The molecule has 0 aliphatic rings. The fourth-order valence-electron chi connectivity index (χ4n) is 2.18. The molecule has 0 radical (unpaired) electrons. The summed E-state index contributed by atoms with van der Waals surface area (Å²) in [5.41, 5.74) is 0.485. The Labute approximate surface area is 120 Å². The summed E-state index contributed by atoms with van der Waals surface area (Å²) in [4.78, 5) is 6.06. The largest absolute Gasteiger partial charge is 0.395 e. The molecule has 2 N–H and O–H groups in total. The molecule has 0 amide bonds. The molecule has 2 atom stereocenters. The molecule has 1 rings (SSSR count). The Morgan fingerprint density at radius 1 is 1.35 bits per heavy atom. The Bertz CT molecular complexity index is 373. The second kappa shape index (κ2) is 9.00. The molecule has 0 spiro atoms. The molecule has 2 unspecified atom stereocenters. The zero-order valence-electron chi connectivity index (χ0n) is 12.3. The van der Waals surface area contributed by atoms with Crippen LogP contribution in [0.1, 0.15) is 38.5 Å². The van der Waals surface area contributed by atoms with Gasteiger partial charge in [0.2, 0.25) is 0 Å². The van der Waals surface area contributed by atoms with Gasteiger partial charge in [-0.1, -0.05) is 20.3 Å². The monoisotopic (exact) mass is 284 g/mol. The lowest BCUT2D eigenvalue weighted by Crippen LogP contribution is -2.34. The van der Waals surface area contributed by atoms with E-state index in [0.717, 1.165) is 25.6 Å². The number of aromatic nitrogens is 1. The van der Waals surface area contributed by atoms with Crippen molar-refractivity contribution in [1.29, 1.82) is 0 Å². The van der Waals surface area contributed by atoms with Gasteiger partial charge < -0.3 is 15.1 Å². The maximum Gasteiger partial charge on any atom is 0.141 e. The number of aliphatic hydroxyl groups is 2. The molecule has 0 saturated heterocycles.